The van der Waals surface area contributed by atoms with E-state index in [2.05, 4.69) is 6.08 Å². The molecule has 2 rings (SSSR count). The van der Waals surface area contributed by atoms with Gasteiger partial charge in [0.2, 0.25) is 11.6 Å². The highest BCUT2D eigenvalue weighted by atomic mass is 19.2. The van der Waals surface area contributed by atoms with Crippen LogP contribution < -0.4 is 9.47 Å². The van der Waals surface area contributed by atoms with Crippen molar-refractivity contribution in [1.29, 1.82) is 0 Å². The Morgan fingerprint density at radius 3 is 2.38 bits per heavy atom. The second-order valence-corrected chi connectivity index (χ2v) is 6.56. The van der Waals surface area contributed by atoms with Crippen molar-refractivity contribution in [1.82, 2.24) is 0 Å². The molecule has 0 amide bonds. The normalized spacial score (nSPS) is 20.6. The summed E-state index contributed by atoms with van der Waals surface area (Å²) in [5.41, 5.74) is 0. The Hall–Kier alpha value is -2.17. The molecule has 0 aromatic heterocycles. The molecule has 0 heterocycles. The Kier molecular flexibility index (Phi) is 7.82. The Morgan fingerprint density at radius 1 is 1.08 bits per heavy atom. The molecule has 1 aromatic carbocycles. The number of esters is 1. The van der Waals surface area contributed by atoms with E-state index in [-0.39, 0.29) is 11.7 Å². The van der Waals surface area contributed by atoms with Gasteiger partial charge in [0.1, 0.15) is 0 Å². The smallest absolute Gasteiger partial charge is 0.314 e. The van der Waals surface area contributed by atoms with Gasteiger partial charge in [0.25, 0.3) is 0 Å². The minimum atomic E-state index is -1.21. The number of halogens is 2. The van der Waals surface area contributed by atoms with Crippen LogP contribution in [0.15, 0.2) is 36.6 Å². The molecule has 0 N–H and O–H groups in total. The first-order chi connectivity index (χ1) is 12.6. The lowest BCUT2D eigenvalue weighted by Crippen LogP contribution is -2.26. The molecule has 0 bridgehead atoms. The van der Waals surface area contributed by atoms with Gasteiger partial charge in [0, 0.05) is 0 Å². The van der Waals surface area contributed by atoms with Crippen LogP contribution in [0, 0.1) is 23.5 Å². The zero-order valence-electron chi connectivity index (χ0n) is 15.3. The highest BCUT2D eigenvalue weighted by Crippen LogP contribution is 2.34. The van der Waals surface area contributed by atoms with E-state index in [0.717, 1.165) is 38.5 Å². The van der Waals surface area contributed by atoms with Crippen molar-refractivity contribution in [3.8, 4) is 11.5 Å². The zero-order valence-corrected chi connectivity index (χ0v) is 15.3. The van der Waals surface area contributed by atoms with Gasteiger partial charge in [-0.1, -0.05) is 18.2 Å². The van der Waals surface area contributed by atoms with Crippen molar-refractivity contribution in [3.05, 3.63) is 48.3 Å². The summed E-state index contributed by atoms with van der Waals surface area (Å²) in [7, 11) is 0. The monoisotopic (exact) mass is 364 g/mol. The lowest BCUT2D eigenvalue weighted by molar-refractivity contribution is -0.140. The number of allylic oxidation sites excluding steroid dienone is 3. The molecule has 0 unspecified atom stereocenters. The molecule has 1 saturated carbocycles. The molecule has 1 aliphatic carbocycles. The predicted molar refractivity (Wildman–Crippen MR) is 96.9 cm³/mol. The number of carbonyl (C=O) groups excluding carboxylic acids is 1. The van der Waals surface area contributed by atoms with Crippen LogP contribution >= 0.6 is 0 Å². The fourth-order valence-corrected chi connectivity index (χ4v) is 3.20. The molecule has 0 spiro atoms. The lowest BCUT2D eigenvalue weighted by atomic mass is 9.80. The number of rotatable bonds is 7. The molecule has 0 aliphatic heterocycles. The fourth-order valence-electron chi connectivity index (χ4n) is 3.20. The number of ether oxygens (including phenoxy) is 2. The zero-order chi connectivity index (χ0) is 18.9. The molecular weight excluding hydrogens is 338 g/mol. The van der Waals surface area contributed by atoms with E-state index in [1.54, 1.807) is 13.0 Å². The predicted octanol–water partition coefficient (Wildman–Crippen LogP) is 5.95. The molecule has 1 aliphatic rings. The summed E-state index contributed by atoms with van der Waals surface area (Å²) in [5, 5.41) is 0. The summed E-state index contributed by atoms with van der Waals surface area (Å²) in [6.07, 6.45) is 12.6. The van der Waals surface area contributed by atoms with E-state index in [0.29, 0.717) is 5.92 Å². The van der Waals surface area contributed by atoms with Crippen molar-refractivity contribution < 1.29 is 23.0 Å². The molecule has 3 nitrogen and oxygen atoms in total. The Bertz CT molecular complexity index is 659. The lowest BCUT2D eigenvalue weighted by Gasteiger charge is -2.27. The maximum atomic E-state index is 14.1. The molecular formula is C21H26F2O3. The van der Waals surface area contributed by atoms with E-state index in [1.807, 2.05) is 13.0 Å². The van der Waals surface area contributed by atoms with Crippen LogP contribution in [0.4, 0.5) is 8.78 Å². The van der Waals surface area contributed by atoms with Gasteiger partial charge in [0.15, 0.2) is 11.5 Å². The third-order valence-corrected chi connectivity index (χ3v) is 4.71. The van der Waals surface area contributed by atoms with Crippen molar-refractivity contribution in [3.63, 3.8) is 0 Å². The summed E-state index contributed by atoms with van der Waals surface area (Å²) < 4.78 is 38.1. The average Bonchev–Trinajstić information content (AvgIpc) is 2.65. The van der Waals surface area contributed by atoms with E-state index in [4.69, 9.17) is 9.47 Å². The van der Waals surface area contributed by atoms with Crippen molar-refractivity contribution in [2.45, 2.75) is 52.4 Å². The minimum Gasteiger partial charge on any atom is -0.462 e. The van der Waals surface area contributed by atoms with Crippen LogP contribution in [0.1, 0.15) is 52.4 Å². The standard InChI is InChI=1S/C21H26F2O3/c1-3-5-6-7-15-8-10-16(11-9-15)21(24)26-18-13-12-17(25-14-4-2)19(22)20(18)23/h3-5,12-16H,6-11H2,1-2H3/b5-3+,14-4+. The summed E-state index contributed by atoms with van der Waals surface area (Å²) in [5.74, 6) is -3.14. The number of benzene rings is 1. The van der Waals surface area contributed by atoms with Gasteiger partial charge < -0.3 is 9.47 Å². The second-order valence-electron chi connectivity index (χ2n) is 6.56. The van der Waals surface area contributed by atoms with Crippen LogP contribution in [-0.4, -0.2) is 5.97 Å². The van der Waals surface area contributed by atoms with Crippen LogP contribution in [0.5, 0.6) is 11.5 Å². The SMILES string of the molecule is C/C=C/CCC1CCC(C(=O)Oc2ccc(O/C=C/C)c(F)c2F)CC1. The minimum absolute atomic E-state index is 0.248. The molecule has 0 radical (unpaired) electrons. The fraction of sp³-hybridized carbons (Fsp3) is 0.476. The third-order valence-electron chi connectivity index (χ3n) is 4.71. The topological polar surface area (TPSA) is 35.5 Å². The van der Waals surface area contributed by atoms with Gasteiger partial charge in [-0.2, -0.15) is 8.78 Å². The summed E-state index contributed by atoms with van der Waals surface area (Å²) >= 11 is 0. The van der Waals surface area contributed by atoms with E-state index < -0.39 is 23.4 Å². The largest absolute Gasteiger partial charge is 0.462 e. The van der Waals surface area contributed by atoms with Crippen molar-refractivity contribution >= 4 is 5.97 Å². The quantitative estimate of drug-likeness (QED) is 0.260. The molecule has 5 heteroatoms. The first-order valence-corrected chi connectivity index (χ1v) is 9.15. The van der Waals surface area contributed by atoms with Crippen molar-refractivity contribution in [2.24, 2.45) is 11.8 Å². The molecule has 1 fully saturated rings. The highest BCUT2D eigenvalue weighted by molar-refractivity contribution is 5.75. The first-order valence-electron chi connectivity index (χ1n) is 9.15. The highest BCUT2D eigenvalue weighted by Gasteiger charge is 2.28. The van der Waals surface area contributed by atoms with Gasteiger partial charge >= 0.3 is 5.97 Å². The number of hydrogen-bond acceptors (Lipinski definition) is 3. The van der Waals surface area contributed by atoms with Gasteiger partial charge in [-0.15, -0.1) is 0 Å². The summed E-state index contributed by atoms with van der Waals surface area (Å²) in [6, 6.07) is 2.47. The summed E-state index contributed by atoms with van der Waals surface area (Å²) in [6.45, 7) is 3.70. The van der Waals surface area contributed by atoms with E-state index >= 15 is 0 Å². The van der Waals surface area contributed by atoms with Gasteiger partial charge in [-0.05, 0) is 70.4 Å². The molecule has 0 atom stereocenters. The molecule has 26 heavy (non-hydrogen) atoms. The van der Waals surface area contributed by atoms with Gasteiger partial charge in [-0.25, -0.2) is 0 Å². The Balaban J connectivity index is 1.91. The molecule has 142 valence electrons. The summed E-state index contributed by atoms with van der Waals surface area (Å²) in [4.78, 5) is 12.3. The number of carbonyl (C=O) groups is 1. The maximum Gasteiger partial charge on any atom is 0.314 e. The van der Waals surface area contributed by atoms with E-state index in [1.165, 1.54) is 18.4 Å². The van der Waals surface area contributed by atoms with Crippen molar-refractivity contribution in [2.75, 3.05) is 0 Å². The molecule has 1 aromatic rings. The Morgan fingerprint density at radius 2 is 1.73 bits per heavy atom. The Labute approximate surface area is 153 Å². The van der Waals surface area contributed by atoms with Crippen LogP contribution in [0.3, 0.4) is 0 Å². The molecule has 0 saturated heterocycles. The van der Waals surface area contributed by atoms with Gasteiger partial charge in [-0.3, -0.25) is 4.79 Å². The second kappa shape index (κ2) is 10.1. The third kappa shape index (κ3) is 5.41. The average molecular weight is 364 g/mol. The number of hydrogen-bond donors (Lipinski definition) is 0. The maximum absolute atomic E-state index is 14.1. The first kappa shape index (κ1) is 20.1. The van der Waals surface area contributed by atoms with Crippen LogP contribution in [-0.2, 0) is 4.79 Å². The van der Waals surface area contributed by atoms with Crippen LogP contribution in [0.25, 0.3) is 0 Å². The van der Waals surface area contributed by atoms with Gasteiger partial charge in [0.05, 0.1) is 12.2 Å². The van der Waals surface area contributed by atoms with E-state index in [9.17, 15) is 13.6 Å². The van der Waals surface area contributed by atoms with Crippen LogP contribution in [0.2, 0.25) is 0 Å².